The first kappa shape index (κ1) is 14.6. The van der Waals surface area contributed by atoms with Crippen LogP contribution in [0, 0.1) is 5.82 Å². The second-order valence-electron chi connectivity index (χ2n) is 4.25. The van der Waals surface area contributed by atoms with E-state index in [1.165, 1.54) is 17.4 Å². The number of aromatic nitrogens is 1. The van der Waals surface area contributed by atoms with Crippen molar-refractivity contribution in [3.05, 3.63) is 51.2 Å². The van der Waals surface area contributed by atoms with E-state index in [-0.39, 0.29) is 24.6 Å². The van der Waals surface area contributed by atoms with Crippen LogP contribution in [0.25, 0.3) is 0 Å². The number of carbonyl (C=O) groups is 1. The molecule has 106 valence electrons. The molecule has 0 aliphatic carbocycles. The van der Waals surface area contributed by atoms with Crippen LogP contribution in [0.4, 0.5) is 4.39 Å². The van der Waals surface area contributed by atoms with Gasteiger partial charge in [-0.2, -0.15) is 0 Å². The number of aliphatic hydroxyl groups excluding tert-OH is 1. The molecular formula is C14H15FN2O2S. The Morgan fingerprint density at radius 3 is 3.00 bits per heavy atom. The molecular weight excluding hydrogens is 279 g/mol. The lowest BCUT2D eigenvalue weighted by atomic mass is 10.1. The van der Waals surface area contributed by atoms with E-state index in [0.29, 0.717) is 11.3 Å². The molecule has 0 bridgehead atoms. The Morgan fingerprint density at radius 1 is 1.50 bits per heavy atom. The van der Waals surface area contributed by atoms with E-state index in [1.807, 2.05) is 6.92 Å². The van der Waals surface area contributed by atoms with Gasteiger partial charge in [0, 0.05) is 12.1 Å². The number of halogens is 1. The van der Waals surface area contributed by atoms with Crippen LogP contribution in [0.15, 0.2) is 23.7 Å². The summed E-state index contributed by atoms with van der Waals surface area (Å²) in [6, 6.07) is 4.42. The van der Waals surface area contributed by atoms with E-state index in [1.54, 1.807) is 17.6 Å². The van der Waals surface area contributed by atoms with Gasteiger partial charge < -0.3 is 10.4 Å². The van der Waals surface area contributed by atoms with Gasteiger partial charge in [0.15, 0.2) is 0 Å². The van der Waals surface area contributed by atoms with E-state index >= 15 is 0 Å². The third-order valence-electron chi connectivity index (χ3n) is 2.92. The minimum Gasteiger partial charge on any atom is -0.392 e. The number of amides is 1. The molecule has 0 spiro atoms. The van der Waals surface area contributed by atoms with Crippen LogP contribution < -0.4 is 5.32 Å². The average molecular weight is 294 g/mol. The molecule has 0 fully saturated rings. The molecule has 1 heterocycles. The summed E-state index contributed by atoms with van der Waals surface area (Å²) in [7, 11) is 0. The van der Waals surface area contributed by atoms with Gasteiger partial charge in [0.25, 0.3) is 5.91 Å². The Hall–Kier alpha value is -1.79. The zero-order valence-corrected chi connectivity index (χ0v) is 11.8. The molecule has 2 N–H and O–H groups in total. The van der Waals surface area contributed by atoms with E-state index in [4.69, 9.17) is 5.11 Å². The number of nitrogens with one attached hydrogen (secondary N) is 1. The Morgan fingerprint density at radius 2 is 2.30 bits per heavy atom. The fourth-order valence-electron chi connectivity index (χ4n) is 1.83. The van der Waals surface area contributed by atoms with Crippen molar-refractivity contribution < 1.29 is 14.3 Å². The fourth-order valence-corrected chi connectivity index (χ4v) is 2.63. The molecule has 0 saturated carbocycles. The molecule has 1 aromatic carbocycles. The van der Waals surface area contributed by atoms with Gasteiger partial charge in [0.05, 0.1) is 17.8 Å². The predicted octanol–water partition coefficient (Wildman–Crippen LogP) is 2.27. The molecule has 0 radical (unpaired) electrons. The largest absolute Gasteiger partial charge is 0.392 e. The Balaban J connectivity index is 2.03. The Bertz CT molecular complexity index is 613. The molecule has 6 heteroatoms. The molecule has 1 amide bonds. The first-order valence-corrected chi connectivity index (χ1v) is 7.12. The topological polar surface area (TPSA) is 62.2 Å². The maximum absolute atomic E-state index is 13.2. The van der Waals surface area contributed by atoms with Crippen LogP contribution in [-0.2, 0) is 19.6 Å². The normalized spacial score (nSPS) is 10.6. The molecule has 2 aromatic rings. The number of hydrogen-bond donors (Lipinski definition) is 2. The highest BCUT2D eigenvalue weighted by molar-refractivity contribution is 7.11. The summed E-state index contributed by atoms with van der Waals surface area (Å²) in [5.74, 6) is -0.627. The fraction of sp³-hybridized carbons (Fsp3) is 0.286. The second kappa shape index (κ2) is 6.58. The summed E-state index contributed by atoms with van der Waals surface area (Å²) in [6.45, 7) is 1.87. The van der Waals surface area contributed by atoms with Crippen LogP contribution in [-0.4, -0.2) is 16.0 Å². The molecule has 0 aliphatic rings. The molecule has 2 rings (SSSR count). The van der Waals surface area contributed by atoms with Gasteiger partial charge in [0.1, 0.15) is 10.7 Å². The summed E-state index contributed by atoms with van der Waals surface area (Å²) in [5.41, 5.74) is 3.40. The molecule has 0 atom stereocenters. The number of hydrogen-bond acceptors (Lipinski definition) is 4. The smallest absolute Gasteiger partial charge is 0.263 e. The van der Waals surface area contributed by atoms with Crippen molar-refractivity contribution in [3.8, 4) is 0 Å². The number of thiazole rings is 1. The van der Waals surface area contributed by atoms with Crippen molar-refractivity contribution in [1.29, 1.82) is 0 Å². The van der Waals surface area contributed by atoms with Gasteiger partial charge in [-0.3, -0.25) is 4.79 Å². The number of rotatable bonds is 5. The second-order valence-corrected chi connectivity index (χ2v) is 5.10. The lowest BCUT2D eigenvalue weighted by molar-refractivity contribution is 0.0954. The van der Waals surface area contributed by atoms with E-state index in [2.05, 4.69) is 10.3 Å². The van der Waals surface area contributed by atoms with Crippen molar-refractivity contribution in [2.75, 3.05) is 0 Å². The van der Waals surface area contributed by atoms with Crippen LogP contribution in [0.1, 0.15) is 33.4 Å². The summed E-state index contributed by atoms with van der Waals surface area (Å²) in [4.78, 5) is 16.7. The predicted molar refractivity (Wildman–Crippen MR) is 75.0 cm³/mol. The third kappa shape index (κ3) is 3.20. The SMILES string of the molecule is CCc1ncsc1C(=O)NCc1ccc(F)c(CO)c1. The monoisotopic (exact) mass is 294 g/mol. The minimum absolute atomic E-state index is 0.181. The maximum atomic E-state index is 13.2. The first-order valence-electron chi connectivity index (χ1n) is 6.24. The zero-order chi connectivity index (χ0) is 14.5. The molecule has 1 aromatic heterocycles. The number of aliphatic hydroxyl groups is 1. The quantitative estimate of drug-likeness (QED) is 0.889. The number of carbonyl (C=O) groups excluding carboxylic acids is 1. The lowest BCUT2D eigenvalue weighted by Crippen LogP contribution is -2.23. The van der Waals surface area contributed by atoms with E-state index < -0.39 is 5.82 Å². The Labute approximate surface area is 120 Å². The van der Waals surface area contributed by atoms with Crippen LogP contribution in [0.5, 0.6) is 0 Å². The minimum atomic E-state index is -0.446. The standard InChI is InChI=1S/C14H15FN2O2S/c1-2-12-13(20-8-17-12)14(19)16-6-9-3-4-11(15)10(5-9)7-18/h3-5,8,18H,2,6-7H2,1H3,(H,16,19). The number of benzene rings is 1. The summed E-state index contributed by atoms with van der Waals surface area (Å²) in [5, 5.41) is 11.8. The highest BCUT2D eigenvalue weighted by Gasteiger charge is 2.13. The van der Waals surface area contributed by atoms with Crippen molar-refractivity contribution in [3.63, 3.8) is 0 Å². The van der Waals surface area contributed by atoms with Crippen molar-refractivity contribution in [2.45, 2.75) is 26.5 Å². The number of aryl methyl sites for hydroxylation is 1. The average Bonchev–Trinajstić information content (AvgIpc) is 2.94. The molecule has 0 unspecified atom stereocenters. The van der Waals surface area contributed by atoms with Crippen molar-refractivity contribution in [2.24, 2.45) is 0 Å². The van der Waals surface area contributed by atoms with Gasteiger partial charge >= 0.3 is 0 Å². The maximum Gasteiger partial charge on any atom is 0.263 e. The summed E-state index contributed by atoms with van der Waals surface area (Å²) >= 11 is 1.30. The van der Waals surface area contributed by atoms with Gasteiger partial charge in [-0.25, -0.2) is 9.37 Å². The van der Waals surface area contributed by atoms with Crippen molar-refractivity contribution in [1.82, 2.24) is 10.3 Å². The molecule has 4 nitrogen and oxygen atoms in total. The molecule has 20 heavy (non-hydrogen) atoms. The van der Waals surface area contributed by atoms with Gasteiger partial charge in [-0.05, 0) is 24.1 Å². The highest BCUT2D eigenvalue weighted by atomic mass is 32.1. The molecule has 0 saturated heterocycles. The third-order valence-corrected chi connectivity index (χ3v) is 3.78. The number of nitrogens with zero attached hydrogens (tertiary/aromatic N) is 1. The summed E-state index contributed by atoms with van der Waals surface area (Å²) < 4.78 is 13.2. The van der Waals surface area contributed by atoms with Gasteiger partial charge in [0.2, 0.25) is 0 Å². The van der Waals surface area contributed by atoms with Crippen molar-refractivity contribution >= 4 is 17.2 Å². The first-order chi connectivity index (χ1) is 9.65. The molecule has 0 aliphatic heterocycles. The van der Waals surface area contributed by atoms with Gasteiger partial charge in [-0.1, -0.05) is 13.0 Å². The summed E-state index contributed by atoms with van der Waals surface area (Å²) in [6.07, 6.45) is 0.706. The van der Waals surface area contributed by atoms with Crippen LogP contribution in [0.2, 0.25) is 0 Å². The lowest BCUT2D eigenvalue weighted by Gasteiger charge is -2.07. The van der Waals surface area contributed by atoms with Crippen LogP contribution in [0.3, 0.4) is 0 Å². The van der Waals surface area contributed by atoms with Crippen LogP contribution >= 0.6 is 11.3 Å². The van der Waals surface area contributed by atoms with E-state index in [9.17, 15) is 9.18 Å². The zero-order valence-electron chi connectivity index (χ0n) is 11.0. The highest BCUT2D eigenvalue weighted by Crippen LogP contribution is 2.14. The van der Waals surface area contributed by atoms with Gasteiger partial charge in [-0.15, -0.1) is 11.3 Å². The van der Waals surface area contributed by atoms with E-state index in [0.717, 1.165) is 11.3 Å². The Kier molecular flexibility index (Phi) is 4.81.